The molecule has 0 N–H and O–H groups in total. The first-order valence-corrected chi connectivity index (χ1v) is 12.5. The summed E-state index contributed by atoms with van der Waals surface area (Å²) in [5.74, 6) is 0.881. The second-order valence-electron chi connectivity index (χ2n) is 5.74. The first-order valence-electron chi connectivity index (χ1n) is 8.17. The molecule has 0 aliphatic rings. The highest BCUT2D eigenvalue weighted by Gasteiger charge is 2.26. The van der Waals surface area contributed by atoms with Crippen molar-refractivity contribution in [3.05, 3.63) is 90.5 Å². The molecule has 0 aliphatic carbocycles. The minimum atomic E-state index is -1.95. The highest BCUT2D eigenvalue weighted by Crippen LogP contribution is 2.62. The van der Waals surface area contributed by atoms with Crippen molar-refractivity contribution in [3.8, 4) is 5.75 Å². The molecule has 3 rings (SSSR count). The molecule has 0 spiro atoms. The number of rotatable bonds is 6. The van der Waals surface area contributed by atoms with Crippen molar-refractivity contribution < 1.29 is 4.74 Å². The molecule has 0 saturated carbocycles. The lowest BCUT2D eigenvalue weighted by Crippen LogP contribution is -2.13. The maximum Gasteiger partial charge on any atom is 0.118 e. The summed E-state index contributed by atoms with van der Waals surface area (Å²) in [5, 5.41) is 0.860. The minimum absolute atomic E-state index is 0.303. The molecule has 3 aromatic rings. The Morgan fingerprint density at radius 2 is 1.28 bits per heavy atom. The Balaban J connectivity index is 1.96. The summed E-state index contributed by atoms with van der Waals surface area (Å²) in [6.07, 6.45) is 0. The van der Waals surface area contributed by atoms with Crippen molar-refractivity contribution in [1.29, 1.82) is 0 Å². The highest BCUT2D eigenvalue weighted by atomic mass is 32.9. The van der Waals surface area contributed by atoms with Gasteiger partial charge >= 0.3 is 0 Å². The van der Waals surface area contributed by atoms with Crippen LogP contribution in [0.3, 0.4) is 0 Å². The van der Waals surface area contributed by atoms with Crippen LogP contribution in [0.5, 0.6) is 5.75 Å². The summed E-state index contributed by atoms with van der Waals surface area (Å²) in [6, 6.07) is 29.4. The molecule has 0 heterocycles. The van der Waals surface area contributed by atoms with Gasteiger partial charge in [-0.3, -0.25) is 0 Å². The SMILES string of the molecule is COc1ccc(C(C)SP(=S)(c2ccccc2)c2ccccc2)cc1. The van der Waals surface area contributed by atoms with E-state index in [1.807, 2.05) is 35.6 Å². The van der Waals surface area contributed by atoms with Crippen LogP contribution in [0.1, 0.15) is 17.7 Å². The molecule has 0 radical (unpaired) electrons. The molecule has 1 nitrogen and oxygen atoms in total. The van der Waals surface area contributed by atoms with Crippen LogP contribution in [-0.4, -0.2) is 7.11 Å². The quantitative estimate of drug-likeness (QED) is 0.517. The molecule has 4 heteroatoms. The Hall–Kier alpha value is -1.54. The zero-order valence-corrected chi connectivity index (χ0v) is 16.9. The molecule has 0 saturated heterocycles. The molecular weight excluding hydrogens is 363 g/mol. The molecule has 25 heavy (non-hydrogen) atoms. The van der Waals surface area contributed by atoms with E-state index in [9.17, 15) is 0 Å². The predicted octanol–water partition coefficient (Wildman–Crippen LogP) is 5.53. The van der Waals surface area contributed by atoms with Crippen LogP contribution >= 0.6 is 16.6 Å². The van der Waals surface area contributed by atoms with Crippen LogP contribution in [0, 0.1) is 0 Å². The second-order valence-corrected chi connectivity index (χ2v) is 13.4. The molecule has 3 aromatic carbocycles. The lowest BCUT2D eigenvalue weighted by atomic mass is 10.2. The van der Waals surface area contributed by atoms with Gasteiger partial charge in [0.15, 0.2) is 0 Å². The number of hydrogen-bond donors (Lipinski definition) is 0. The Kier molecular flexibility index (Phi) is 6.01. The smallest absolute Gasteiger partial charge is 0.118 e. The third-order valence-corrected chi connectivity index (χ3v) is 12.1. The minimum Gasteiger partial charge on any atom is -0.497 e. The van der Waals surface area contributed by atoms with Gasteiger partial charge in [-0.05, 0) is 35.2 Å². The maximum atomic E-state index is 6.31. The molecule has 128 valence electrons. The third kappa shape index (κ3) is 4.17. The normalized spacial score (nSPS) is 12.6. The van der Waals surface area contributed by atoms with Gasteiger partial charge in [0.2, 0.25) is 0 Å². The summed E-state index contributed by atoms with van der Waals surface area (Å²) in [4.78, 5) is 0. The van der Waals surface area contributed by atoms with Crippen LogP contribution in [0.15, 0.2) is 84.9 Å². The van der Waals surface area contributed by atoms with Crippen molar-refractivity contribution >= 4 is 39.0 Å². The standard InChI is InChI=1S/C21H21OPS2/c1-17(18-13-15-19(22-2)16-14-18)25-23(24,20-9-5-3-6-10-20)21-11-7-4-8-12-21/h3-17H,1-2H3. The number of methoxy groups -OCH3 is 1. The number of benzene rings is 3. The summed E-state index contributed by atoms with van der Waals surface area (Å²) in [6.45, 7) is 2.24. The summed E-state index contributed by atoms with van der Waals surface area (Å²) in [5.41, 5.74) is 1.27. The predicted molar refractivity (Wildman–Crippen MR) is 115 cm³/mol. The maximum absolute atomic E-state index is 6.31. The van der Waals surface area contributed by atoms with E-state index in [1.165, 1.54) is 16.2 Å². The third-order valence-electron chi connectivity index (χ3n) is 4.08. The summed E-state index contributed by atoms with van der Waals surface area (Å²) in [7, 11) is 1.69. The van der Waals surface area contributed by atoms with E-state index in [2.05, 4.69) is 67.6 Å². The average molecular weight is 385 g/mol. The van der Waals surface area contributed by atoms with Gasteiger partial charge in [0, 0.05) is 5.25 Å². The molecule has 0 amide bonds. The van der Waals surface area contributed by atoms with Crippen molar-refractivity contribution in [2.75, 3.05) is 7.11 Å². The zero-order valence-electron chi connectivity index (χ0n) is 14.3. The van der Waals surface area contributed by atoms with Crippen molar-refractivity contribution in [2.24, 2.45) is 0 Å². The Morgan fingerprint density at radius 1 is 0.800 bits per heavy atom. The molecule has 0 fully saturated rings. The summed E-state index contributed by atoms with van der Waals surface area (Å²) >= 11 is 8.21. The van der Waals surface area contributed by atoms with Crippen molar-refractivity contribution in [2.45, 2.75) is 12.2 Å². The van der Waals surface area contributed by atoms with Gasteiger partial charge in [0.05, 0.1) is 12.3 Å². The van der Waals surface area contributed by atoms with Crippen LogP contribution in [0.25, 0.3) is 0 Å². The summed E-state index contributed by atoms with van der Waals surface area (Å²) < 4.78 is 5.27. The molecule has 0 aromatic heterocycles. The van der Waals surface area contributed by atoms with Crippen molar-refractivity contribution in [1.82, 2.24) is 0 Å². The Bertz CT molecular complexity index is 805. The number of hydrogen-bond acceptors (Lipinski definition) is 3. The van der Waals surface area contributed by atoms with Crippen molar-refractivity contribution in [3.63, 3.8) is 0 Å². The largest absolute Gasteiger partial charge is 0.497 e. The van der Waals surface area contributed by atoms with Gasteiger partial charge in [-0.15, -0.1) is 11.4 Å². The average Bonchev–Trinajstić information content (AvgIpc) is 2.69. The van der Waals surface area contributed by atoms with E-state index in [-0.39, 0.29) is 0 Å². The van der Waals surface area contributed by atoms with E-state index >= 15 is 0 Å². The van der Waals surface area contributed by atoms with Crippen LogP contribution in [0.4, 0.5) is 0 Å². The highest BCUT2D eigenvalue weighted by molar-refractivity contribution is 8.75. The van der Waals surface area contributed by atoms with E-state index in [0.29, 0.717) is 5.25 Å². The van der Waals surface area contributed by atoms with E-state index in [1.54, 1.807) is 7.11 Å². The lowest BCUT2D eigenvalue weighted by Gasteiger charge is -2.26. The van der Waals surface area contributed by atoms with Gasteiger partial charge in [0.25, 0.3) is 0 Å². The van der Waals surface area contributed by atoms with Gasteiger partial charge in [-0.25, -0.2) is 0 Å². The van der Waals surface area contributed by atoms with E-state index in [0.717, 1.165) is 5.75 Å². The Labute approximate surface area is 159 Å². The Morgan fingerprint density at radius 3 is 1.72 bits per heavy atom. The lowest BCUT2D eigenvalue weighted by molar-refractivity contribution is 0.414. The monoisotopic (exact) mass is 384 g/mol. The van der Waals surface area contributed by atoms with Gasteiger partial charge < -0.3 is 4.74 Å². The molecule has 1 unspecified atom stereocenters. The molecule has 1 atom stereocenters. The fraction of sp³-hybridized carbons (Fsp3) is 0.143. The molecule has 0 bridgehead atoms. The van der Waals surface area contributed by atoms with Crippen LogP contribution in [-0.2, 0) is 11.8 Å². The molecular formula is C21H21OPS2. The second kappa shape index (κ2) is 8.23. The van der Waals surface area contributed by atoms with Gasteiger partial charge in [0.1, 0.15) is 5.75 Å². The van der Waals surface area contributed by atoms with E-state index < -0.39 is 5.24 Å². The first kappa shape index (κ1) is 18.3. The zero-order chi connectivity index (χ0) is 17.7. The van der Waals surface area contributed by atoms with E-state index in [4.69, 9.17) is 16.5 Å². The number of ether oxygens (including phenoxy) is 1. The van der Waals surface area contributed by atoms with Gasteiger partial charge in [-0.2, -0.15) is 0 Å². The van der Waals surface area contributed by atoms with Crippen LogP contribution in [0.2, 0.25) is 0 Å². The fourth-order valence-corrected chi connectivity index (χ4v) is 10.1. The first-order chi connectivity index (χ1) is 12.1. The molecule has 0 aliphatic heterocycles. The fourth-order valence-electron chi connectivity index (χ4n) is 2.68. The van der Waals surface area contributed by atoms with Gasteiger partial charge in [-0.1, -0.05) is 84.6 Å². The van der Waals surface area contributed by atoms with Crippen LogP contribution < -0.4 is 15.3 Å². The topological polar surface area (TPSA) is 9.23 Å².